The van der Waals surface area contributed by atoms with Crippen molar-refractivity contribution in [3.8, 4) is 0 Å². The van der Waals surface area contributed by atoms with E-state index in [1.807, 2.05) is 18.2 Å². The fourth-order valence-corrected chi connectivity index (χ4v) is 6.95. The molecule has 0 fully saturated rings. The predicted octanol–water partition coefficient (Wildman–Crippen LogP) is 5.08. The predicted molar refractivity (Wildman–Crippen MR) is 159 cm³/mol. The van der Waals surface area contributed by atoms with Crippen LogP contribution in [0, 0.1) is 6.92 Å². The summed E-state index contributed by atoms with van der Waals surface area (Å²) in [7, 11) is -0.337. The number of ether oxygens (including phenoxy) is 1. The summed E-state index contributed by atoms with van der Waals surface area (Å²) in [5.74, 6) is -1.12. The second kappa shape index (κ2) is 13.9. The number of hydrogen-bond donors (Lipinski definition) is 2. The van der Waals surface area contributed by atoms with Gasteiger partial charge in [-0.2, -0.15) is 0 Å². The standard InChI is InChI=1S/C32H40N2O4Si/c1-23-13-15-25(16-14-23)10-9-21-39(4,5)28-19-17-26(18-20-28)29(22-30(35)38-3)34-31(36)24(2)33-32(37)27-11-7-6-8-12-27/h6-8,11-20,24,29H,9-10,21-22H2,1-5H3,(H,33,37)(H,34,36)/t24?,29-/m0/s1. The van der Waals surface area contributed by atoms with Crippen LogP contribution in [0.1, 0.15) is 52.9 Å². The Morgan fingerprint density at radius 3 is 2.13 bits per heavy atom. The Morgan fingerprint density at radius 1 is 0.872 bits per heavy atom. The Morgan fingerprint density at radius 2 is 1.51 bits per heavy atom. The third-order valence-electron chi connectivity index (χ3n) is 7.17. The van der Waals surface area contributed by atoms with Crippen molar-refractivity contribution in [2.75, 3.05) is 7.11 Å². The number of methoxy groups -OCH3 is 1. The lowest BCUT2D eigenvalue weighted by Gasteiger charge is -2.25. The Hall–Kier alpha value is -3.71. The highest BCUT2D eigenvalue weighted by Gasteiger charge is 2.26. The molecule has 7 heteroatoms. The third-order valence-corrected chi connectivity index (χ3v) is 10.7. The maximum atomic E-state index is 13.0. The molecule has 3 rings (SSSR count). The minimum atomic E-state index is -1.67. The van der Waals surface area contributed by atoms with Crippen molar-refractivity contribution in [3.63, 3.8) is 0 Å². The Kier molecular flexibility index (Phi) is 10.6. The number of amides is 2. The summed E-state index contributed by atoms with van der Waals surface area (Å²) in [6, 6.07) is 25.5. The van der Waals surface area contributed by atoms with E-state index in [9.17, 15) is 14.4 Å². The second-order valence-corrected chi connectivity index (χ2v) is 15.6. The largest absolute Gasteiger partial charge is 0.469 e. The SMILES string of the molecule is COC(=O)C[C@H](NC(=O)C(C)NC(=O)c1ccccc1)c1ccc([Si](C)(C)CCCc2ccc(C)cc2)cc1. The van der Waals surface area contributed by atoms with Gasteiger partial charge in [0.05, 0.1) is 27.6 Å². The topological polar surface area (TPSA) is 84.5 Å². The molecule has 0 heterocycles. The van der Waals surface area contributed by atoms with E-state index in [2.05, 4.69) is 67.0 Å². The molecule has 0 spiro atoms. The minimum Gasteiger partial charge on any atom is -0.469 e. The number of aryl methyl sites for hydroxylation is 2. The van der Waals surface area contributed by atoms with E-state index in [-0.39, 0.29) is 18.2 Å². The van der Waals surface area contributed by atoms with Crippen molar-refractivity contribution < 1.29 is 19.1 Å². The van der Waals surface area contributed by atoms with Gasteiger partial charge in [0.15, 0.2) is 0 Å². The first kappa shape index (κ1) is 29.8. The smallest absolute Gasteiger partial charge is 0.307 e. The summed E-state index contributed by atoms with van der Waals surface area (Å²) in [6.07, 6.45) is 2.21. The van der Waals surface area contributed by atoms with Crippen molar-refractivity contribution >= 4 is 31.0 Å². The van der Waals surface area contributed by atoms with E-state index in [0.717, 1.165) is 18.4 Å². The number of hydrogen-bond acceptors (Lipinski definition) is 4. The quantitative estimate of drug-likeness (QED) is 0.246. The van der Waals surface area contributed by atoms with Crippen molar-refractivity contribution in [3.05, 3.63) is 101 Å². The summed E-state index contributed by atoms with van der Waals surface area (Å²) in [5, 5.41) is 6.98. The molecular weight excluding hydrogens is 504 g/mol. The van der Waals surface area contributed by atoms with E-state index >= 15 is 0 Å². The number of benzene rings is 3. The van der Waals surface area contributed by atoms with Crippen LogP contribution < -0.4 is 15.8 Å². The van der Waals surface area contributed by atoms with E-state index < -0.39 is 26.1 Å². The first-order valence-corrected chi connectivity index (χ1v) is 16.7. The molecule has 0 aliphatic heterocycles. The van der Waals surface area contributed by atoms with Gasteiger partial charge in [0.25, 0.3) is 5.91 Å². The molecule has 3 aromatic carbocycles. The highest BCUT2D eigenvalue weighted by atomic mass is 28.3. The lowest BCUT2D eigenvalue weighted by molar-refractivity contribution is -0.141. The molecule has 1 unspecified atom stereocenters. The van der Waals surface area contributed by atoms with Crippen LogP contribution in [0.5, 0.6) is 0 Å². The zero-order valence-corrected chi connectivity index (χ0v) is 24.6. The molecule has 0 saturated heterocycles. The van der Waals surface area contributed by atoms with Gasteiger partial charge in [0.1, 0.15) is 6.04 Å². The second-order valence-electron chi connectivity index (χ2n) is 10.7. The van der Waals surface area contributed by atoms with E-state index in [1.54, 1.807) is 31.2 Å². The van der Waals surface area contributed by atoms with Crippen LogP contribution in [-0.2, 0) is 20.7 Å². The monoisotopic (exact) mass is 544 g/mol. The molecule has 3 aromatic rings. The third kappa shape index (κ3) is 8.92. The van der Waals surface area contributed by atoms with Crippen LogP contribution in [0.25, 0.3) is 0 Å². The molecule has 2 amide bonds. The van der Waals surface area contributed by atoms with Crippen molar-refractivity contribution in [1.29, 1.82) is 0 Å². The summed E-state index contributed by atoms with van der Waals surface area (Å²) in [4.78, 5) is 37.6. The molecule has 0 aliphatic carbocycles. The average Bonchev–Trinajstić information content (AvgIpc) is 2.94. The van der Waals surface area contributed by atoms with Gasteiger partial charge in [-0.15, -0.1) is 0 Å². The van der Waals surface area contributed by atoms with Gasteiger partial charge >= 0.3 is 5.97 Å². The number of rotatable bonds is 12. The molecule has 39 heavy (non-hydrogen) atoms. The molecule has 0 bridgehead atoms. The number of esters is 1. The maximum Gasteiger partial charge on any atom is 0.307 e. The zero-order chi connectivity index (χ0) is 28.4. The highest BCUT2D eigenvalue weighted by Crippen LogP contribution is 2.20. The Bertz CT molecular complexity index is 1240. The molecule has 6 nitrogen and oxygen atoms in total. The molecule has 2 N–H and O–H groups in total. The van der Waals surface area contributed by atoms with Gasteiger partial charge in [-0.05, 0) is 43.5 Å². The first-order valence-electron chi connectivity index (χ1n) is 13.5. The van der Waals surface area contributed by atoms with Crippen LogP contribution in [-0.4, -0.2) is 39.0 Å². The maximum absolute atomic E-state index is 13.0. The van der Waals surface area contributed by atoms with Gasteiger partial charge in [-0.3, -0.25) is 14.4 Å². The molecule has 206 valence electrons. The lowest BCUT2D eigenvalue weighted by Crippen LogP contribution is -2.46. The Labute approximate surface area is 233 Å². The number of carbonyl (C=O) groups excluding carboxylic acids is 3. The summed E-state index contributed by atoms with van der Waals surface area (Å²) >= 11 is 0. The van der Waals surface area contributed by atoms with Crippen LogP contribution in [0.4, 0.5) is 0 Å². The summed E-state index contributed by atoms with van der Waals surface area (Å²) in [5.41, 5.74) is 3.95. The molecule has 0 saturated carbocycles. The van der Waals surface area contributed by atoms with Gasteiger partial charge < -0.3 is 15.4 Å². The van der Waals surface area contributed by atoms with Crippen LogP contribution in [0.15, 0.2) is 78.9 Å². The summed E-state index contributed by atoms with van der Waals surface area (Å²) in [6.45, 7) is 8.48. The molecule has 2 atom stereocenters. The van der Waals surface area contributed by atoms with Crippen molar-refractivity contribution in [1.82, 2.24) is 10.6 Å². The highest BCUT2D eigenvalue weighted by molar-refractivity contribution is 6.89. The minimum absolute atomic E-state index is 0.00168. The van der Waals surface area contributed by atoms with Crippen LogP contribution in [0.3, 0.4) is 0 Å². The van der Waals surface area contributed by atoms with E-state index in [4.69, 9.17) is 4.74 Å². The molecular formula is C32H40N2O4Si. The summed E-state index contributed by atoms with van der Waals surface area (Å²) < 4.78 is 4.88. The van der Waals surface area contributed by atoms with Gasteiger partial charge in [0.2, 0.25) is 5.91 Å². The van der Waals surface area contributed by atoms with Crippen molar-refractivity contribution in [2.24, 2.45) is 0 Å². The lowest BCUT2D eigenvalue weighted by atomic mass is 10.0. The number of carbonyl (C=O) groups is 3. The van der Waals surface area contributed by atoms with Gasteiger partial charge in [-0.25, -0.2) is 0 Å². The fraction of sp³-hybridized carbons (Fsp3) is 0.344. The van der Waals surface area contributed by atoms with Crippen molar-refractivity contribution in [2.45, 2.75) is 64.3 Å². The van der Waals surface area contributed by atoms with Crippen LogP contribution in [0.2, 0.25) is 19.1 Å². The normalized spacial score (nSPS) is 12.7. The molecule has 0 aliphatic rings. The average molecular weight is 545 g/mol. The number of nitrogens with one attached hydrogen (secondary N) is 2. The molecule has 0 radical (unpaired) electrons. The Balaban J connectivity index is 1.64. The first-order chi connectivity index (χ1) is 18.6. The molecule has 0 aromatic heterocycles. The van der Waals surface area contributed by atoms with Gasteiger partial charge in [0, 0.05) is 5.56 Å². The fourth-order valence-electron chi connectivity index (χ4n) is 4.53. The van der Waals surface area contributed by atoms with E-state index in [0.29, 0.717) is 5.56 Å². The van der Waals surface area contributed by atoms with Gasteiger partial charge in [-0.1, -0.05) is 103 Å². The van der Waals surface area contributed by atoms with E-state index in [1.165, 1.54) is 29.5 Å². The zero-order valence-electron chi connectivity index (χ0n) is 23.6. The van der Waals surface area contributed by atoms with Crippen LogP contribution >= 0.6 is 0 Å².